The summed E-state index contributed by atoms with van der Waals surface area (Å²) in [5, 5.41) is 0. The monoisotopic (exact) mass is 322 g/mol. The minimum atomic E-state index is 0. The molecule has 0 aromatic heterocycles. The van der Waals surface area contributed by atoms with Crippen molar-refractivity contribution in [2.45, 2.75) is 60.3 Å². The van der Waals surface area contributed by atoms with Crippen LogP contribution in [0, 0.1) is 6.92 Å². The van der Waals surface area contributed by atoms with Gasteiger partial charge in [0.15, 0.2) is 0 Å². The Bertz CT molecular complexity index is 309. The first-order chi connectivity index (χ1) is 10.2. The minimum absolute atomic E-state index is 0. The fourth-order valence-corrected chi connectivity index (χ4v) is 2.64. The number of benzene rings is 1. The molecule has 2 heterocycles. The Morgan fingerprint density at radius 2 is 0.957 bits per heavy atom. The number of likely N-dealkylation sites (tertiary alicyclic amines) is 2. The van der Waals surface area contributed by atoms with Gasteiger partial charge in [0, 0.05) is 0 Å². The Morgan fingerprint density at radius 3 is 1.13 bits per heavy atom. The van der Waals surface area contributed by atoms with E-state index in [1.54, 1.807) is 0 Å². The lowest BCUT2D eigenvalue weighted by atomic mass is 10.1. The summed E-state index contributed by atoms with van der Waals surface area (Å²) < 4.78 is 0. The molecular weight excluding hydrogens is 280 g/mol. The van der Waals surface area contributed by atoms with E-state index in [1.165, 1.54) is 70.3 Å². The smallest absolute Gasteiger partial charge is 0.00218 e. The average Bonchev–Trinajstić information content (AvgIpc) is 2.51. The van der Waals surface area contributed by atoms with Crippen molar-refractivity contribution >= 4 is 0 Å². The van der Waals surface area contributed by atoms with E-state index in [4.69, 9.17) is 0 Å². The third-order valence-electron chi connectivity index (χ3n) is 4.10. The lowest BCUT2D eigenvalue weighted by molar-refractivity contribution is 0.277. The third-order valence-corrected chi connectivity index (χ3v) is 4.10. The second-order valence-electron chi connectivity index (χ2n) is 6.38. The van der Waals surface area contributed by atoms with Gasteiger partial charge in [-0.05, 0) is 72.9 Å². The van der Waals surface area contributed by atoms with E-state index in [0.29, 0.717) is 0 Å². The Hall–Kier alpha value is -0.860. The van der Waals surface area contributed by atoms with E-state index in [9.17, 15) is 0 Å². The van der Waals surface area contributed by atoms with Crippen LogP contribution in [0.25, 0.3) is 0 Å². The molecule has 0 N–H and O–H groups in total. The van der Waals surface area contributed by atoms with E-state index in [2.05, 4.69) is 43.0 Å². The van der Waals surface area contributed by atoms with Crippen LogP contribution in [-0.4, -0.2) is 50.1 Å². The standard InChI is InChI=1S/C7H8.2C6H13N.2CH4/c3*1-7-5-3-2-4-6-7;;/h2-6H,1H3;2*2-6H2,1H3;2*1H4. The van der Waals surface area contributed by atoms with Gasteiger partial charge in [-0.1, -0.05) is 63.6 Å². The summed E-state index contributed by atoms with van der Waals surface area (Å²) in [6, 6.07) is 10.3. The molecule has 1 aromatic carbocycles. The van der Waals surface area contributed by atoms with E-state index in [1.807, 2.05) is 18.2 Å². The van der Waals surface area contributed by atoms with Crippen molar-refractivity contribution in [2.24, 2.45) is 0 Å². The summed E-state index contributed by atoms with van der Waals surface area (Å²) in [6.45, 7) is 7.36. The maximum atomic E-state index is 2.39. The van der Waals surface area contributed by atoms with Gasteiger partial charge in [0.1, 0.15) is 0 Å². The van der Waals surface area contributed by atoms with Gasteiger partial charge in [-0.2, -0.15) is 0 Å². The van der Waals surface area contributed by atoms with Crippen LogP contribution in [0.2, 0.25) is 0 Å². The number of rotatable bonds is 0. The van der Waals surface area contributed by atoms with Gasteiger partial charge in [0.25, 0.3) is 0 Å². The summed E-state index contributed by atoms with van der Waals surface area (Å²) in [6.07, 6.45) is 8.55. The molecule has 1 aromatic rings. The van der Waals surface area contributed by atoms with Crippen molar-refractivity contribution in [1.29, 1.82) is 0 Å². The van der Waals surface area contributed by atoms with Gasteiger partial charge < -0.3 is 9.80 Å². The van der Waals surface area contributed by atoms with E-state index in [-0.39, 0.29) is 14.9 Å². The molecule has 136 valence electrons. The molecule has 0 radical (unpaired) electrons. The van der Waals surface area contributed by atoms with Crippen molar-refractivity contribution < 1.29 is 0 Å². The molecule has 0 spiro atoms. The van der Waals surface area contributed by atoms with Gasteiger partial charge in [-0.15, -0.1) is 0 Å². The maximum absolute atomic E-state index is 2.39. The zero-order valence-electron chi connectivity index (χ0n) is 14.4. The predicted octanol–water partition coefficient (Wildman–Crippen LogP) is 5.47. The molecule has 0 atom stereocenters. The van der Waals surface area contributed by atoms with Gasteiger partial charge >= 0.3 is 0 Å². The van der Waals surface area contributed by atoms with Crippen LogP contribution >= 0.6 is 0 Å². The highest BCUT2D eigenvalue weighted by atomic mass is 15.1. The first-order valence-corrected chi connectivity index (χ1v) is 8.57. The van der Waals surface area contributed by atoms with E-state index >= 15 is 0 Å². The van der Waals surface area contributed by atoms with Crippen molar-refractivity contribution in [2.75, 3.05) is 40.3 Å². The van der Waals surface area contributed by atoms with Crippen LogP contribution in [0.4, 0.5) is 0 Å². The van der Waals surface area contributed by atoms with Gasteiger partial charge in [-0.25, -0.2) is 0 Å². The van der Waals surface area contributed by atoms with E-state index < -0.39 is 0 Å². The molecular formula is C21H42N2. The number of piperidine rings is 2. The fraction of sp³-hybridized carbons (Fsp3) is 0.714. The topological polar surface area (TPSA) is 6.48 Å². The molecule has 0 amide bonds. The molecule has 0 aliphatic carbocycles. The van der Waals surface area contributed by atoms with Crippen molar-refractivity contribution in [3.63, 3.8) is 0 Å². The van der Waals surface area contributed by atoms with Crippen molar-refractivity contribution in [3.05, 3.63) is 35.9 Å². The zero-order valence-corrected chi connectivity index (χ0v) is 14.4. The maximum Gasteiger partial charge on any atom is -0.00218 e. The van der Waals surface area contributed by atoms with E-state index in [0.717, 1.165) is 0 Å². The number of hydrogen-bond acceptors (Lipinski definition) is 2. The normalized spacial score (nSPS) is 18.0. The molecule has 2 aliphatic heterocycles. The summed E-state index contributed by atoms with van der Waals surface area (Å²) in [5.41, 5.74) is 1.32. The van der Waals surface area contributed by atoms with Crippen molar-refractivity contribution in [1.82, 2.24) is 9.80 Å². The molecule has 0 bridgehead atoms. The largest absolute Gasteiger partial charge is 0.306 e. The van der Waals surface area contributed by atoms with Gasteiger partial charge in [0.05, 0.1) is 0 Å². The Morgan fingerprint density at radius 1 is 0.609 bits per heavy atom. The van der Waals surface area contributed by atoms with Crippen molar-refractivity contribution in [3.8, 4) is 0 Å². The zero-order chi connectivity index (χ0) is 15.3. The third kappa shape index (κ3) is 14.5. The Kier molecular flexibility index (Phi) is 17.0. The molecule has 2 heteroatoms. The van der Waals surface area contributed by atoms with Crippen LogP contribution in [0.15, 0.2) is 30.3 Å². The number of nitrogens with zero attached hydrogens (tertiary/aromatic N) is 2. The lowest BCUT2D eigenvalue weighted by Crippen LogP contribution is -2.24. The van der Waals surface area contributed by atoms with Crippen LogP contribution in [-0.2, 0) is 0 Å². The van der Waals surface area contributed by atoms with Crippen LogP contribution in [0.1, 0.15) is 58.9 Å². The SMILES string of the molecule is C.C.CN1CCCCC1.CN1CCCCC1.Cc1ccccc1. The van der Waals surface area contributed by atoms with Crippen LogP contribution in [0.3, 0.4) is 0 Å². The highest BCUT2D eigenvalue weighted by Gasteiger charge is 2.02. The highest BCUT2D eigenvalue weighted by Crippen LogP contribution is 2.05. The predicted molar refractivity (Wildman–Crippen MR) is 107 cm³/mol. The summed E-state index contributed by atoms with van der Waals surface area (Å²) in [5.74, 6) is 0. The first-order valence-electron chi connectivity index (χ1n) is 8.57. The number of hydrogen-bond donors (Lipinski definition) is 0. The molecule has 2 saturated heterocycles. The second kappa shape index (κ2) is 16.0. The fourth-order valence-electron chi connectivity index (χ4n) is 2.64. The molecule has 2 aliphatic rings. The highest BCUT2D eigenvalue weighted by molar-refractivity contribution is 5.11. The Labute approximate surface area is 146 Å². The molecule has 23 heavy (non-hydrogen) atoms. The average molecular weight is 323 g/mol. The van der Waals surface area contributed by atoms with Crippen LogP contribution in [0.5, 0.6) is 0 Å². The molecule has 2 fully saturated rings. The summed E-state index contributed by atoms with van der Waals surface area (Å²) in [7, 11) is 4.39. The van der Waals surface area contributed by atoms with Crippen LogP contribution < -0.4 is 0 Å². The summed E-state index contributed by atoms with van der Waals surface area (Å²) >= 11 is 0. The second-order valence-corrected chi connectivity index (χ2v) is 6.38. The molecule has 3 rings (SSSR count). The quantitative estimate of drug-likeness (QED) is 0.625. The molecule has 0 saturated carbocycles. The summed E-state index contributed by atoms with van der Waals surface area (Å²) in [4.78, 5) is 4.78. The molecule has 2 nitrogen and oxygen atoms in total. The lowest BCUT2D eigenvalue weighted by Gasteiger charge is -2.20. The van der Waals surface area contributed by atoms with Gasteiger partial charge in [0.2, 0.25) is 0 Å². The Balaban J connectivity index is 0. The first kappa shape index (κ1) is 24.4. The number of aryl methyl sites for hydroxylation is 1. The molecule has 0 unspecified atom stereocenters. The minimum Gasteiger partial charge on any atom is -0.306 e. The van der Waals surface area contributed by atoms with Gasteiger partial charge in [-0.3, -0.25) is 0 Å².